The van der Waals surface area contributed by atoms with Gasteiger partial charge < -0.3 is 19.9 Å². The molecule has 2 fully saturated rings. The summed E-state index contributed by atoms with van der Waals surface area (Å²) in [6.45, 7) is 12.2. The Bertz CT molecular complexity index is 956. The van der Waals surface area contributed by atoms with Crippen molar-refractivity contribution in [3.05, 3.63) is 17.5 Å². The molecule has 0 bridgehead atoms. The van der Waals surface area contributed by atoms with E-state index < -0.39 is 11.5 Å². The van der Waals surface area contributed by atoms with E-state index in [-0.39, 0.29) is 35.3 Å². The highest BCUT2D eigenvalue weighted by molar-refractivity contribution is 5.97. The highest BCUT2D eigenvalue weighted by Crippen LogP contribution is 2.32. The first kappa shape index (κ1) is 27.2. The molecule has 1 aromatic heterocycles. The summed E-state index contributed by atoms with van der Waals surface area (Å²) in [7, 11) is 5.80. The Morgan fingerprint density at radius 1 is 1.11 bits per heavy atom. The summed E-state index contributed by atoms with van der Waals surface area (Å²) >= 11 is 0. The third kappa shape index (κ3) is 6.05. The Morgan fingerprint density at radius 2 is 1.77 bits per heavy atom. The van der Waals surface area contributed by atoms with Crippen LogP contribution in [0.3, 0.4) is 0 Å². The van der Waals surface area contributed by atoms with Crippen molar-refractivity contribution in [1.29, 1.82) is 0 Å². The van der Waals surface area contributed by atoms with E-state index in [0.717, 1.165) is 18.5 Å². The van der Waals surface area contributed by atoms with Crippen LogP contribution in [-0.4, -0.2) is 82.2 Å². The first-order valence-corrected chi connectivity index (χ1v) is 12.6. The largest absolute Gasteiger partial charge is 0.460 e. The molecular weight excluding hydrogens is 446 g/mol. The third-order valence-electron chi connectivity index (χ3n) is 7.16. The highest BCUT2D eigenvalue weighted by Gasteiger charge is 2.45. The fourth-order valence-corrected chi connectivity index (χ4v) is 4.80. The summed E-state index contributed by atoms with van der Waals surface area (Å²) in [5, 5.41) is 7.39. The number of hydrogen-bond acceptors (Lipinski definition) is 6. The SMILES string of the molecule is CN(C)[C@@H]1CC[C@H](N2CCC(NC(=O)c3cc(C(C)(C)C)nn3C)C2=O)[C@H](OC(=O)C(C)(C)C)C1. The first-order valence-electron chi connectivity index (χ1n) is 12.6. The summed E-state index contributed by atoms with van der Waals surface area (Å²) in [4.78, 5) is 43.1. The van der Waals surface area contributed by atoms with Gasteiger partial charge in [-0.1, -0.05) is 20.8 Å². The Labute approximate surface area is 209 Å². The minimum Gasteiger partial charge on any atom is -0.460 e. The molecule has 9 nitrogen and oxygen atoms in total. The zero-order valence-electron chi connectivity index (χ0n) is 22.8. The standard InChI is InChI=1S/C26H43N5O4/c1-25(2,3)21-15-19(30(9)28-21)22(32)27-17-12-13-31(23(17)33)18-11-10-16(29(7)8)14-20(18)35-24(34)26(4,5)6/h15-18,20H,10-14H2,1-9H3,(H,27,32)/t16-,17?,18+,20-/m1/s1. The van der Waals surface area contributed by atoms with Crippen molar-refractivity contribution in [2.45, 2.75) is 96.9 Å². The molecule has 0 radical (unpaired) electrons. The van der Waals surface area contributed by atoms with Crippen LogP contribution in [0.15, 0.2) is 6.07 Å². The number of rotatable bonds is 5. The fourth-order valence-electron chi connectivity index (χ4n) is 4.80. The Hall–Kier alpha value is -2.42. The van der Waals surface area contributed by atoms with Crippen molar-refractivity contribution in [3.8, 4) is 0 Å². The highest BCUT2D eigenvalue weighted by atomic mass is 16.5. The first-order chi connectivity index (χ1) is 16.1. The summed E-state index contributed by atoms with van der Waals surface area (Å²) in [5.41, 5.74) is 0.465. The van der Waals surface area contributed by atoms with Crippen LogP contribution < -0.4 is 5.32 Å². The number of nitrogens with zero attached hydrogens (tertiary/aromatic N) is 4. The zero-order chi connectivity index (χ0) is 26.3. The predicted molar refractivity (Wildman–Crippen MR) is 134 cm³/mol. The molecule has 2 amide bonds. The molecule has 0 aromatic carbocycles. The maximum Gasteiger partial charge on any atom is 0.311 e. The fraction of sp³-hybridized carbons (Fsp3) is 0.769. The maximum atomic E-state index is 13.4. The second-order valence-electron chi connectivity index (χ2n) is 12.3. The van der Waals surface area contributed by atoms with Gasteiger partial charge in [-0.3, -0.25) is 19.1 Å². The summed E-state index contributed by atoms with van der Waals surface area (Å²) < 4.78 is 7.55. The van der Waals surface area contributed by atoms with Gasteiger partial charge in [-0.2, -0.15) is 5.10 Å². The van der Waals surface area contributed by atoms with Gasteiger partial charge in [-0.05, 0) is 60.2 Å². The number of aryl methyl sites for hydroxylation is 1. The minimum absolute atomic E-state index is 0.110. The van der Waals surface area contributed by atoms with Gasteiger partial charge in [0.2, 0.25) is 5.91 Å². The van der Waals surface area contributed by atoms with Crippen LogP contribution in [0.25, 0.3) is 0 Å². The van der Waals surface area contributed by atoms with Gasteiger partial charge in [-0.25, -0.2) is 0 Å². The van der Waals surface area contributed by atoms with Gasteiger partial charge in [0, 0.05) is 31.5 Å². The summed E-state index contributed by atoms with van der Waals surface area (Å²) in [5.74, 6) is -0.668. The average molecular weight is 490 g/mol. The molecule has 3 rings (SSSR count). The predicted octanol–water partition coefficient (Wildman–Crippen LogP) is 2.49. The second kappa shape index (κ2) is 9.91. The van der Waals surface area contributed by atoms with Crippen molar-refractivity contribution < 1.29 is 19.1 Å². The number of amides is 2. The molecule has 35 heavy (non-hydrogen) atoms. The van der Waals surface area contributed by atoms with E-state index in [0.29, 0.717) is 31.1 Å². The Morgan fingerprint density at radius 3 is 2.31 bits per heavy atom. The average Bonchev–Trinajstić information content (AvgIpc) is 3.30. The van der Waals surface area contributed by atoms with E-state index in [1.165, 1.54) is 0 Å². The molecule has 1 aromatic rings. The smallest absolute Gasteiger partial charge is 0.311 e. The molecular formula is C26H43N5O4. The lowest BCUT2D eigenvalue weighted by Crippen LogP contribution is -2.54. The lowest BCUT2D eigenvalue weighted by atomic mass is 9.86. The molecule has 196 valence electrons. The van der Waals surface area contributed by atoms with E-state index >= 15 is 0 Å². The molecule has 9 heteroatoms. The van der Waals surface area contributed by atoms with Gasteiger partial charge in [-0.15, -0.1) is 0 Å². The van der Waals surface area contributed by atoms with E-state index in [2.05, 4.69) is 15.3 Å². The normalized spacial score (nSPS) is 25.8. The van der Waals surface area contributed by atoms with Crippen molar-refractivity contribution in [3.63, 3.8) is 0 Å². The van der Waals surface area contributed by atoms with Gasteiger partial charge >= 0.3 is 5.97 Å². The molecule has 2 heterocycles. The van der Waals surface area contributed by atoms with Crippen molar-refractivity contribution >= 4 is 17.8 Å². The molecule has 1 aliphatic carbocycles. The number of aromatic nitrogens is 2. The van der Waals surface area contributed by atoms with Crippen LogP contribution in [0.2, 0.25) is 0 Å². The molecule has 1 unspecified atom stereocenters. The van der Waals surface area contributed by atoms with Crippen LogP contribution in [0, 0.1) is 5.41 Å². The number of ether oxygens (including phenoxy) is 1. The lowest BCUT2D eigenvalue weighted by molar-refractivity contribution is -0.167. The van der Waals surface area contributed by atoms with E-state index in [9.17, 15) is 14.4 Å². The van der Waals surface area contributed by atoms with Crippen LogP contribution in [-0.2, 0) is 26.8 Å². The molecule has 1 N–H and O–H groups in total. The summed E-state index contributed by atoms with van der Waals surface area (Å²) in [6, 6.07) is 1.30. The maximum absolute atomic E-state index is 13.4. The minimum atomic E-state index is -0.615. The molecule has 1 saturated heterocycles. The van der Waals surface area contributed by atoms with Crippen molar-refractivity contribution in [2.24, 2.45) is 12.5 Å². The molecule has 0 spiro atoms. The number of carbonyl (C=O) groups excluding carboxylic acids is 3. The molecule has 1 saturated carbocycles. The van der Waals surface area contributed by atoms with E-state index in [1.54, 1.807) is 17.8 Å². The number of nitrogens with one attached hydrogen (secondary N) is 1. The Kier molecular flexibility index (Phi) is 7.70. The van der Waals surface area contributed by atoms with Gasteiger partial charge in [0.15, 0.2) is 0 Å². The van der Waals surface area contributed by atoms with Gasteiger partial charge in [0.25, 0.3) is 5.91 Å². The second-order valence-corrected chi connectivity index (χ2v) is 12.3. The van der Waals surface area contributed by atoms with E-state index in [1.807, 2.05) is 60.5 Å². The van der Waals surface area contributed by atoms with Crippen LogP contribution in [0.5, 0.6) is 0 Å². The topological polar surface area (TPSA) is 96.8 Å². The quantitative estimate of drug-likeness (QED) is 0.639. The lowest BCUT2D eigenvalue weighted by Gasteiger charge is -2.42. The van der Waals surface area contributed by atoms with Crippen molar-refractivity contribution in [2.75, 3.05) is 20.6 Å². The number of esters is 1. The Balaban J connectivity index is 1.72. The van der Waals surface area contributed by atoms with Crippen LogP contribution >= 0.6 is 0 Å². The molecule has 1 aliphatic heterocycles. The molecule has 4 atom stereocenters. The van der Waals surface area contributed by atoms with Gasteiger partial charge in [0.05, 0.1) is 17.2 Å². The zero-order valence-corrected chi connectivity index (χ0v) is 22.8. The van der Waals surface area contributed by atoms with Gasteiger partial charge in [0.1, 0.15) is 17.8 Å². The van der Waals surface area contributed by atoms with Crippen LogP contribution in [0.4, 0.5) is 0 Å². The number of likely N-dealkylation sites (tertiary alicyclic amines) is 1. The number of hydrogen-bond donors (Lipinski definition) is 1. The monoisotopic (exact) mass is 489 g/mol. The molecule has 2 aliphatic rings. The van der Waals surface area contributed by atoms with Crippen LogP contribution in [0.1, 0.15) is 83.4 Å². The summed E-state index contributed by atoms with van der Waals surface area (Å²) in [6.07, 6.45) is 2.53. The third-order valence-corrected chi connectivity index (χ3v) is 7.16. The van der Waals surface area contributed by atoms with Crippen molar-refractivity contribution in [1.82, 2.24) is 24.9 Å². The van der Waals surface area contributed by atoms with E-state index in [4.69, 9.17) is 4.74 Å². The number of carbonyl (C=O) groups is 3.